The van der Waals surface area contributed by atoms with Crippen molar-refractivity contribution in [3.8, 4) is 22.1 Å². The van der Waals surface area contributed by atoms with E-state index in [0.717, 1.165) is 35.0 Å². The number of fused-ring (bicyclic) bond motifs is 1. The van der Waals surface area contributed by atoms with E-state index in [4.69, 9.17) is 14.8 Å². The zero-order valence-electron chi connectivity index (χ0n) is 12.7. The summed E-state index contributed by atoms with van der Waals surface area (Å²) in [6.07, 6.45) is 3.48. The third kappa shape index (κ3) is 2.13. The molecule has 1 aliphatic carbocycles. The van der Waals surface area contributed by atoms with Gasteiger partial charge < -0.3 is 4.74 Å². The number of aryl methyl sites for hydroxylation is 1. The second-order valence-electron chi connectivity index (χ2n) is 5.52. The van der Waals surface area contributed by atoms with Gasteiger partial charge in [0.25, 0.3) is 0 Å². The van der Waals surface area contributed by atoms with Crippen LogP contribution >= 0.6 is 11.3 Å². The third-order valence-corrected chi connectivity index (χ3v) is 5.04. The van der Waals surface area contributed by atoms with Gasteiger partial charge >= 0.3 is 0 Å². The molecule has 0 radical (unpaired) electrons. The average Bonchev–Trinajstić information content (AvgIpc) is 3.25. The summed E-state index contributed by atoms with van der Waals surface area (Å²) in [5.41, 5.74) is 5.99. The second-order valence-corrected chi connectivity index (χ2v) is 6.36. The van der Waals surface area contributed by atoms with Gasteiger partial charge in [-0.1, -0.05) is 0 Å². The second kappa shape index (κ2) is 5.25. The van der Waals surface area contributed by atoms with Crippen molar-refractivity contribution >= 4 is 11.3 Å². The number of aromatic nitrogens is 3. The van der Waals surface area contributed by atoms with Crippen LogP contribution in [0.4, 0.5) is 0 Å². The largest absolute Gasteiger partial charge is 0.497 e. The van der Waals surface area contributed by atoms with E-state index in [0.29, 0.717) is 0 Å². The number of thiazole rings is 1. The number of methoxy groups -OCH3 is 1. The van der Waals surface area contributed by atoms with E-state index in [1.807, 2.05) is 28.9 Å². The minimum atomic E-state index is 0.860. The van der Waals surface area contributed by atoms with Crippen molar-refractivity contribution in [2.24, 2.45) is 0 Å². The first-order valence-corrected chi connectivity index (χ1v) is 8.32. The van der Waals surface area contributed by atoms with Crippen LogP contribution in [0.3, 0.4) is 0 Å². The van der Waals surface area contributed by atoms with E-state index in [-0.39, 0.29) is 0 Å². The third-order valence-electron chi connectivity index (χ3n) is 4.22. The van der Waals surface area contributed by atoms with Gasteiger partial charge in [-0.15, -0.1) is 11.3 Å². The van der Waals surface area contributed by atoms with Crippen molar-refractivity contribution in [3.63, 3.8) is 0 Å². The number of benzene rings is 1. The highest BCUT2D eigenvalue weighted by Crippen LogP contribution is 2.30. The lowest BCUT2D eigenvalue weighted by atomic mass is 10.2. The maximum absolute atomic E-state index is 5.20. The molecule has 0 bridgehead atoms. The summed E-state index contributed by atoms with van der Waals surface area (Å²) < 4.78 is 7.20. The summed E-state index contributed by atoms with van der Waals surface area (Å²) in [6, 6.07) is 7.99. The van der Waals surface area contributed by atoms with Crippen LogP contribution in [-0.2, 0) is 12.8 Å². The zero-order valence-corrected chi connectivity index (χ0v) is 13.5. The van der Waals surface area contributed by atoms with Crippen molar-refractivity contribution in [1.29, 1.82) is 0 Å². The Morgan fingerprint density at radius 1 is 1.18 bits per heavy atom. The van der Waals surface area contributed by atoms with Gasteiger partial charge in [0.05, 0.1) is 18.5 Å². The topological polar surface area (TPSA) is 39.9 Å². The maximum atomic E-state index is 5.20. The summed E-state index contributed by atoms with van der Waals surface area (Å²) >= 11 is 1.64. The molecular weight excluding hydrogens is 294 g/mol. The number of hydrogen-bond acceptors (Lipinski definition) is 4. The molecule has 4 rings (SSSR count). The van der Waals surface area contributed by atoms with Gasteiger partial charge in [0.1, 0.15) is 5.75 Å². The molecule has 0 fully saturated rings. The predicted molar refractivity (Wildman–Crippen MR) is 88.0 cm³/mol. The average molecular weight is 311 g/mol. The minimum absolute atomic E-state index is 0.860. The Kier molecular flexibility index (Phi) is 3.22. The van der Waals surface area contributed by atoms with Crippen molar-refractivity contribution in [3.05, 3.63) is 46.6 Å². The van der Waals surface area contributed by atoms with E-state index < -0.39 is 0 Å². The number of hydrogen-bond donors (Lipinski definition) is 0. The predicted octanol–water partition coefficient (Wildman–Crippen LogP) is 3.80. The highest BCUT2D eigenvalue weighted by Gasteiger charge is 2.21. The normalized spacial score (nSPS) is 13.4. The summed E-state index contributed by atoms with van der Waals surface area (Å²) in [6.45, 7) is 2.14. The Morgan fingerprint density at radius 3 is 2.73 bits per heavy atom. The van der Waals surface area contributed by atoms with E-state index in [1.54, 1.807) is 18.4 Å². The van der Waals surface area contributed by atoms with Crippen LogP contribution in [0.15, 0.2) is 29.6 Å². The molecule has 0 saturated carbocycles. The Hall–Kier alpha value is -2.14. The molecule has 3 aromatic rings. The molecule has 0 spiro atoms. The van der Waals surface area contributed by atoms with Gasteiger partial charge in [0.15, 0.2) is 0 Å². The molecule has 0 unspecified atom stereocenters. The van der Waals surface area contributed by atoms with Gasteiger partial charge in [0.2, 0.25) is 5.13 Å². The van der Waals surface area contributed by atoms with Gasteiger partial charge in [-0.2, -0.15) is 5.10 Å². The fourth-order valence-electron chi connectivity index (χ4n) is 2.99. The highest BCUT2D eigenvalue weighted by atomic mass is 32.1. The fraction of sp³-hybridized carbons (Fsp3) is 0.294. The summed E-state index contributed by atoms with van der Waals surface area (Å²) in [4.78, 5) is 4.76. The molecule has 0 atom stereocenters. The zero-order chi connectivity index (χ0) is 15.1. The molecule has 112 valence electrons. The standard InChI is InChI=1S/C17H17N3OS/c1-11-14-4-3-5-15(14)19-20(11)17-18-16(10-22-17)12-6-8-13(21-2)9-7-12/h6-10H,3-5H2,1-2H3. The fourth-order valence-corrected chi connectivity index (χ4v) is 3.83. The van der Waals surface area contributed by atoms with Crippen LogP contribution < -0.4 is 4.74 Å². The summed E-state index contributed by atoms with van der Waals surface area (Å²) in [5.74, 6) is 0.860. The molecule has 0 amide bonds. The van der Waals surface area contributed by atoms with Gasteiger partial charge in [0, 0.05) is 16.6 Å². The van der Waals surface area contributed by atoms with Crippen molar-refractivity contribution in [2.45, 2.75) is 26.2 Å². The molecule has 0 saturated heterocycles. The lowest BCUT2D eigenvalue weighted by Gasteiger charge is -2.02. The smallest absolute Gasteiger partial charge is 0.211 e. The van der Waals surface area contributed by atoms with Crippen LogP contribution in [-0.4, -0.2) is 21.9 Å². The molecule has 1 aliphatic rings. The first-order chi connectivity index (χ1) is 10.8. The monoisotopic (exact) mass is 311 g/mol. The summed E-state index contributed by atoms with van der Waals surface area (Å²) in [5, 5.41) is 7.77. The Labute approximate surface area is 133 Å². The highest BCUT2D eigenvalue weighted by molar-refractivity contribution is 7.12. The molecule has 0 N–H and O–H groups in total. The molecule has 22 heavy (non-hydrogen) atoms. The van der Waals surface area contributed by atoms with Gasteiger partial charge in [-0.3, -0.25) is 0 Å². The van der Waals surface area contributed by atoms with Gasteiger partial charge in [-0.25, -0.2) is 9.67 Å². The van der Waals surface area contributed by atoms with Crippen LogP contribution in [0.1, 0.15) is 23.4 Å². The lowest BCUT2D eigenvalue weighted by Crippen LogP contribution is -2.00. The van der Waals surface area contributed by atoms with Crippen LogP contribution in [0.25, 0.3) is 16.4 Å². The number of nitrogens with zero attached hydrogens (tertiary/aromatic N) is 3. The number of rotatable bonds is 3. The van der Waals surface area contributed by atoms with Crippen molar-refractivity contribution in [2.75, 3.05) is 7.11 Å². The minimum Gasteiger partial charge on any atom is -0.497 e. The van der Waals surface area contributed by atoms with E-state index in [9.17, 15) is 0 Å². The van der Waals surface area contributed by atoms with Crippen LogP contribution in [0.2, 0.25) is 0 Å². The molecule has 4 nitrogen and oxygen atoms in total. The number of ether oxygens (including phenoxy) is 1. The molecule has 2 heterocycles. The SMILES string of the molecule is COc1ccc(-c2csc(-n3nc4c(c3C)CCC4)n2)cc1. The molecular formula is C17H17N3OS. The van der Waals surface area contributed by atoms with Gasteiger partial charge in [-0.05, 0) is 56.0 Å². The molecule has 0 aliphatic heterocycles. The molecule has 2 aromatic heterocycles. The quantitative estimate of drug-likeness (QED) is 0.738. The first kappa shape index (κ1) is 13.5. The van der Waals surface area contributed by atoms with Crippen molar-refractivity contribution in [1.82, 2.24) is 14.8 Å². The van der Waals surface area contributed by atoms with Crippen molar-refractivity contribution < 1.29 is 4.74 Å². The Morgan fingerprint density at radius 2 is 2.00 bits per heavy atom. The molecule has 5 heteroatoms. The maximum Gasteiger partial charge on any atom is 0.211 e. The van der Waals surface area contributed by atoms with E-state index in [1.165, 1.54) is 23.4 Å². The van der Waals surface area contributed by atoms with Crippen LogP contribution in [0.5, 0.6) is 5.75 Å². The Bertz CT molecular complexity index is 817. The van der Waals surface area contributed by atoms with Crippen LogP contribution in [0, 0.1) is 6.92 Å². The molecule has 1 aromatic carbocycles. The van der Waals surface area contributed by atoms with E-state index >= 15 is 0 Å². The summed E-state index contributed by atoms with van der Waals surface area (Å²) in [7, 11) is 1.68. The van der Waals surface area contributed by atoms with E-state index in [2.05, 4.69) is 12.3 Å². The lowest BCUT2D eigenvalue weighted by molar-refractivity contribution is 0.415. The Balaban J connectivity index is 1.69. The first-order valence-electron chi connectivity index (χ1n) is 7.44.